The van der Waals surface area contributed by atoms with Crippen LogP contribution in [0.1, 0.15) is 214 Å². The fourth-order valence-corrected chi connectivity index (χ4v) is 17.8. The standard InChI is InChI=1S/C83H87BN2/c1-48-26-20-21-27-53(48)50-39-73-75-74(40-50)86(70-46-64-63(38-49(70)2)77(6,7)36-37-78(64,8)9)71-43-55-54-41-51(76(3,4)5)32-34-56(54)79(10,11)62(55)44-68(71)84(75)69-45-66-67(83(18,19)60-31-25-24-30-59(60)82(66,16)17)47-72(69)85(73)52-33-35-61-65(42-52)81(14,15)58-29-23-22-28-57(58)80(61,12)13/h20-35,38-47H,36-37H2,1-19H3. The molecule has 15 rings (SSSR count). The van der Waals surface area contributed by atoms with Crippen LogP contribution in [0.4, 0.5) is 34.1 Å². The minimum Gasteiger partial charge on any atom is -0.311 e. The number of fused-ring (bicyclic) bond motifs is 12. The van der Waals surface area contributed by atoms with Crippen molar-refractivity contribution < 1.29 is 0 Å². The monoisotopic (exact) mass is 1120 g/mol. The Morgan fingerprint density at radius 1 is 0.337 bits per heavy atom. The summed E-state index contributed by atoms with van der Waals surface area (Å²) in [4.78, 5) is 5.52. The molecule has 0 aromatic heterocycles. The number of hydrogen-bond donors (Lipinski definition) is 0. The van der Waals surface area contributed by atoms with Crippen molar-refractivity contribution in [3.05, 3.63) is 241 Å². The molecule has 0 bridgehead atoms. The molecule has 0 saturated heterocycles. The first-order valence-corrected chi connectivity index (χ1v) is 32.2. The van der Waals surface area contributed by atoms with Gasteiger partial charge < -0.3 is 9.80 Å². The van der Waals surface area contributed by atoms with Gasteiger partial charge in [-0.15, -0.1) is 0 Å². The lowest BCUT2D eigenvalue weighted by molar-refractivity contribution is 0.332. The molecule has 0 atom stereocenters. The number of anilines is 6. The molecule has 0 N–H and O–H groups in total. The van der Waals surface area contributed by atoms with Crippen LogP contribution in [-0.4, -0.2) is 6.71 Å². The molecule has 9 aromatic carbocycles. The molecule has 2 heterocycles. The predicted molar refractivity (Wildman–Crippen MR) is 368 cm³/mol. The first-order valence-electron chi connectivity index (χ1n) is 32.2. The molecular weight excluding hydrogens is 1040 g/mol. The zero-order valence-corrected chi connectivity index (χ0v) is 54.9. The van der Waals surface area contributed by atoms with Crippen LogP contribution in [0, 0.1) is 13.8 Å². The first kappa shape index (κ1) is 55.2. The van der Waals surface area contributed by atoms with E-state index in [1.54, 1.807) is 0 Å². The van der Waals surface area contributed by atoms with Crippen LogP contribution in [-0.2, 0) is 43.3 Å². The third-order valence-electron chi connectivity index (χ3n) is 23.2. The fraction of sp³-hybridized carbons (Fsp3) is 0.349. The Hall–Kier alpha value is -7.36. The average Bonchev–Trinajstić information content (AvgIpc) is 0.884. The highest BCUT2D eigenvalue weighted by atomic mass is 15.2. The van der Waals surface area contributed by atoms with E-state index in [1.807, 2.05) is 0 Å². The van der Waals surface area contributed by atoms with Crippen LogP contribution in [0.2, 0.25) is 0 Å². The van der Waals surface area contributed by atoms with Gasteiger partial charge in [0.1, 0.15) is 0 Å². The molecule has 4 aliphatic carbocycles. The Kier molecular flexibility index (Phi) is 11.2. The second-order valence-corrected chi connectivity index (χ2v) is 32.2. The topological polar surface area (TPSA) is 6.48 Å². The fourth-order valence-electron chi connectivity index (χ4n) is 17.8. The van der Waals surface area contributed by atoms with E-state index in [9.17, 15) is 0 Å². The second kappa shape index (κ2) is 17.5. The maximum absolute atomic E-state index is 2.78. The number of nitrogens with zero attached hydrogens (tertiary/aromatic N) is 2. The van der Waals surface area contributed by atoms with Crippen molar-refractivity contribution in [3.8, 4) is 22.3 Å². The summed E-state index contributed by atoms with van der Waals surface area (Å²) in [5, 5.41) is 0. The minimum absolute atomic E-state index is 0.00151. The van der Waals surface area contributed by atoms with E-state index in [2.05, 4.69) is 299 Å². The Labute approximate surface area is 515 Å². The quantitative estimate of drug-likeness (QED) is 0.163. The first-order chi connectivity index (χ1) is 40.4. The lowest BCUT2D eigenvalue weighted by atomic mass is 9.32. The Morgan fingerprint density at radius 3 is 1.36 bits per heavy atom. The molecule has 0 radical (unpaired) electrons. The predicted octanol–water partition coefficient (Wildman–Crippen LogP) is 19.9. The van der Waals surface area contributed by atoms with Crippen LogP contribution in [0.25, 0.3) is 22.3 Å². The molecule has 3 heteroatoms. The van der Waals surface area contributed by atoms with E-state index in [0.717, 1.165) is 6.42 Å². The van der Waals surface area contributed by atoms with Crippen molar-refractivity contribution >= 4 is 57.2 Å². The van der Waals surface area contributed by atoms with E-state index in [0.29, 0.717) is 0 Å². The average molecular weight is 1120 g/mol. The third-order valence-corrected chi connectivity index (χ3v) is 23.2. The zero-order valence-electron chi connectivity index (χ0n) is 54.9. The molecule has 0 saturated carbocycles. The molecule has 0 spiro atoms. The van der Waals surface area contributed by atoms with Gasteiger partial charge in [-0.1, -0.05) is 233 Å². The molecule has 2 aliphatic heterocycles. The summed E-state index contributed by atoms with van der Waals surface area (Å²) < 4.78 is 0. The summed E-state index contributed by atoms with van der Waals surface area (Å²) in [6.07, 6.45) is 2.32. The lowest BCUT2D eigenvalue weighted by Gasteiger charge is -2.49. The number of hydrogen-bond acceptors (Lipinski definition) is 2. The molecule has 6 aliphatic rings. The summed E-state index contributed by atoms with van der Waals surface area (Å²) in [7, 11) is 0. The van der Waals surface area contributed by atoms with Gasteiger partial charge >= 0.3 is 0 Å². The van der Waals surface area contributed by atoms with E-state index in [1.165, 1.54) is 163 Å². The van der Waals surface area contributed by atoms with Gasteiger partial charge in [-0.25, -0.2) is 0 Å². The van der Waals surface area contributed by atoms with Gasteiger partial charge in [-0.05, 0) is 207 Å². The van der Waals surface area contributed by atoms with Gasteiger partial charge in [-0.3, -0.25) is 0 Å². The Morgan fingerprint density at radius 2 is 0.779 bits per heavy atom. The zero-order chi connectivity index (χ0) is 60.7. The van der Waals surface area contributed by atoms with Crippen LogP contribution >= 0.6 is 0 Å². The van der Waals surface area contributed by atoms with E-state index in [-0.39, 0.29) is 50.0 Å². The van der Waals surface area contributed by atoms with Crippen molar-refractivity contribution in [2.24, 2.45) is 0 Å². The Balaban J connectivity index is 1.11. The lowest BCUT2D eigenvalue weighted by Crippen LogP contribution is -2.62. The third kappa shape index (κ3) is 7.33. The maximum Gasteiger partial charge on any atom is 0.252 e. The van der Waals surface area contributed by atoms with Gasteiger partial charge in [0, 0.05) is 61.2 Å². The number of aryl methyl sites for hydroxylation is 2. The molecule has 0 unspecified atom stereocenters. The normalized spacial score (nSPS) is 19.1. The molecule has 86 heavy (non-hydrogen) atoms. The SMILES string of the molecule is Cc1ccccc1-c1cc2c3c(c1)N(c1cc4c(cc1C)C(C)(C)CCC4(C)C)c1cc4c(cc1B3c1cc3c(cc1N2c1ccc2c(c1)C(C)(C)c1ccccc1C2(C)C)C(C)(C)c1ccccc1C3(C)C)C(C)(C)c1ccc(C(C)(C)C)cc1-4. The summed E-state index contributed by atoms with van der Waals surface area (Å²) in [6.45, 7) is 46.4. The number of rotatable bonds is 3. The van der Waals surface area contributed by atoms with Crippen molar-refractivity contribution in [2.75, 3.05) is 9.80 Å². The summed E-state index contributed by atoms with van der Waals surface area (Å²) >= 11 is 0. The van der Waals surface area contributed by atoms with Gasteiger partial charge in [0.25, 0.3) is 6.71 Å². The van der Waals surface area contributed by atoms with Gasteiger partial charge in [0.05, 0.1) is 0 Å². The largest absolute Gasteiger partial charge is 0.311 e. The molecule has 0 fully saturated rings. The number of benzene rings is 9. The smallest absolute Gasteiger partial charge is 0.252 e. The van der Waals surface area contributed by atoms with Crippen LogP contribution < -0.4 is 26.2 Å². The summed E-state index contributed by atoms with van der Waals surface area (Å²) in [5.74, 6) is 0. The molecule has 432 valence electrons. The Bertz CT molecular complexity index is 4460. The van der Waals surface area contributed by atoms with Crippen molar-refractivity contribution in [3.63, 3.8) is 0 Å². The minimum atomic E-state index is -0.266. The molecule has 0 amide bonds. The highest BCUT2D eigenvalue weighted by molar-refractivity contribution is 7.00. The highest BCUT2D eigenvalue weighted by Gasteiger charge is 2.51. The van der Waals surface area contributed by atoms with Crippen molar-refractivity contribution in [1.29, 1.82) is 0 Å². The van der Waals surface area contributed by atoms with Gasteiger partial charge in [-0.2, -0.15) is 0 Å². The summed E-state index contributed by atoms with van der Waals surface area (Å²) in [5.41, 5.74) is 36.9. The van der Waals surface area contributed by atoms with Gasteiger partial charge in [0.15, 0.2) is 0 Å². The van der Waals surface area contributed by atoms with Crippen LogP contribution in [0.3, 0.4) is 0 Å². The summed E-state index contributed by atoms with van der Waals surface area (Å²) in [6, 6.07) is 63.9. The van der Waals surface area contributed by atoms with Crippen molar-refractivity contribution in [1.82, 2.24) is 0 Å². The van der Waals surface area contributed by atoms with E-state index in [4.69, 9.17) is 0 Å². The highest BCUT2D eigenvalue weighted by Crippen LogP contribution is 2.59. The van der Waals surface area contributed by atoms with E-state index < -0.39 is 0 Å². The molecule has 9 aromatic rings. The van der Waals surface area contributed by atoms with Gasteiger partial charge in [0.2, 0.25) is 0 Å². The van der Waals surface area contributed by atoms with Crippen LogP contribution in [0.15, 0.2) is 158 Å². The van der Waals surface area contributed by atoms with Crippen LogP contribution in [0.5, 0.6) is 0 Å². The molecule has 2 nitrogen and oxygen atoms in total. The molecular formula is C83H87BN2. The van der Waals surface area contributed by atoms with Crippen molar-refractivity contribution in [2.45, 2.75) is 188 Å². The second-order valence-electron chi connectivity index (χ2n) is 32.2. The maximum atomic E-state index is 2.78. The van der Waals surface area contributed by atoms with E-state index >= 15 is 0 Å².